The predicted octanol–water partition coefficient (Wildman–Crippen LogP) is 1.41. The van der Waals surface area contributed by atoms with Crippen LogP contribution in [0, 0.1) is 6.92 Å². The van der Waals surface area contributed by atoms with E-state index in [9.17, 15) is 5.11 Å². The zero-order valence-electron chi connectivity index (χ0n) is 11.8. The number of nitrogens with two attached hydrogens (primary N) is 1. The van der Waals surface area contributed by atoms with E-state index < -0.39 is 6.10 Å². The Bertz CT molecular complexity index is 372. The van der Waals surface area contributed by atoms with Crippen molar-refractivity contribution >= 4 is 0 Å². The lowest BCUT2D eigenvalue weighted by molar-refractivity contribution is 0.0110. The van der Waals surface area contributed by atoms with Crippen LogP contribution in [0.1, 0.15) is 31.2 Å². The zero-order chi connectivity index (χ0) is 14.1. The first kappa shape index (κ1) is 15.9. The minimum atomic E-state index is -0.635. The molecule has 0 saturated heterocycles. The quantitative estimate of drug-likeness (QED) is 0.662. The van der Waals surface area contributed by atoms with Crippen molar-refractivity contribution in [3.05, 3.63) is 23.5 Å². The van der Waals surface area contributed by atoms with Gasteiger partial charge in [-0.1, -0.05) is 13.3 Å². The minimum absolute atomic E-state index is 0.184. The number of ether oxygens (including phenoxy) is 2. The molecule has 5 nitrogen and oxygen atoms in total. The SMILES string of the molecule is CCCCOCC(O)COc1ccc(C)nc1CN. The Labute approximate surface area is 114 Å². The van der Waals surface area contributed by atoms with Crippen LogP contribution in [0.3, 0.4) is 0 Å². The van der Waals surface area contributed by atoms with E-state index >= 15 is 0 Å². The molecule has 1 heterocycles. The Kier molecular flexibility index (Phi) is 7.40. The van der Waals surface area contributed by atoms with E-state index in [0.29, 0.717) is 24.6 Å². The van der Waals surface area contributed by atoms with Crippen molar-refractivity contribution in [3.8, 4) is 5.75 Å². The molecule has 0 aromatic carbocycles. The number of pyridine rings is 1. The van der Waals surface area contributed by atoms with E-state index in [-0.39, 0.29) is 13.2 Å². The molecule has 3 N–H and O–H groups in total. The van der Waals surface area contributed by atoms with Crippen molar-refractivity contribution in [3.63, 3.8) is 0 Å². The molecule has 0 bridgehead atoms. The van der Waals surface area contributed by atoms with Gasteiger partial charge in [0.2, 0.25) is 0 Å². The third-order valence-corrected chi connectivity index (χ3v) is 2.65. The van der Waals surface area contributed by atoms with Gasteiger partial charge in [-0.05, 0) is 25.5 Å². The van der Waals surface area contributed by atoms with Crippen LogP contribution in [-0.2, 0) is 11.3 Å². The molecule has 1 aromatic rings. The smallest absolute Gasteiger partial charge is 0.142 e. The maximum Gasteiger partial charge on any atom is 0.142 e. The minimum Gasteiger partial charge on any atom is -0.489 e. The molecule has 1 atom stereocenters. The van der Waals surface area contributed by atoms with Gasteiger partial charge in [-0.25, -0.2) is 0 Å². The summed E-state index contributed by atoms with van der Waals surface area (Å²) in [5.41, 5.74) is 7.22. The lowest BCUT2D eigenvalue weighted by Gasteiger charge is -2.14. The summed E-state index contributed by atoms with van der Waals surface area (Å²) >= 11 is 0. The second-order valence-electron chi connectivity index (χ2n) is 4.49. The molecule has 0 amide bonds. The Morgan fingerprint density at radius 2 is 2.16 bits per heavy atom. The van der Waals surface area contributed by atoms with E-state index in [0.717, 1.165) is 18.5 Å². The van der Waals surface area contributed by atoms with E-state index in [2.05, 4.69) is 11.9 Å². The fourth-order valence-electron chi connectivity index (χ4n) is 1.58. The van der Waals surface area contributed by atoms with E-state index in [1.54, 1.807) is 0 Å². The Hall–Kier alpha value is -1.17. The van der Waals surface area contributed by atoms with Gasteiger partial charge in [0.15, 0.2) is 0 Å². The summed E-state index contributed by atoms with van der Waals surface area (Å²) in [5, 5.41) is 9.73. The summed E-state index contributed by atoms with van der Waals surface area (Å²) in [5.74, 6) is 0.626. The summed E-state index contributed by atoms with van der Waals surface area (Å²) in [6, 6.07) is 3.69. The van der Waals surface area contributed by atoms with Gasteiger partial charge in [0.25, 0.3) is 0 Å². The standard InChI is InChI=1S/C14H24N2O3/c1-3-4-7-18-9-12(17)10-19-14-6-5-11(2)16-13(14)8-15/h5-6,12,17H,3-4,7-10,15H2,1-2H3. The van der Waals surface area contributed by atoms with Gasteiger partial charge in [-0.15, -0.1) is 0 Å². The molecular formula is C14H24N2O3. The normalized spacial score (nSPS) is 12.4. The number of aliphatic hydroxyl groups excluding tert-OH is 1. The van der Waals surface area contributed by atoms with E-state index in [4.69, 9.17) is 15.2 Å². The molecule has 0 aliphatic rings. The molecule has 19 heavy (non-hydrogen) atoms. The molecule has 5 heteroatoms. The first-order valence-electron chi connectivity index (χ1n) is 6.72. The largest absolute Gasteiger partial charge is 0.489 e. The van der Waals surface area contributed by atoms with Crippen molar-refractivity contribution in [2.75, 3.05) is 19.8 Å². The van der Waals surface area contributed by atoms with Crippen LogP contribution in [0.15, 0.2) is 12.1 Å². The fourth-order valence-corrected chi connectivity index (χ4v) is 1.58. The molecule has 108 valence electrons. The second kappa shape index (κ2) is 8.85. The number of hydrogen-bond donors (Lipinski definition) is 2. The highest BCUT2D eigenvalue weighted by molar-refractivity contribution is 5.29. The average Bonchev–Trinajstić information content (AvgIpc) is 2.42. The summed E-state index contributed by atoms with van der Waals surface area (Å²) in [4.78, 5) is 4.29. The number of hydrogen-bond acceptors (Lipinski definition) is 5. The topological polar surface area (TPSA) is 77.6 Å². The lowest BCUT2D eigenvalue weighted by Crippen LogP contribution is -2.24. The Morgan fingerprint density at radius 3 is 2.84 bits per heavy atom. The van der Waals surface area contributed by atoms with Crippen LogP contribution in [0.25, 0.3) is 0 Å². The van der Waals surface area contributed by atoms with Crippen molar-refractivity contribution in [2.45, 2.75) is 39.3 Å². The summed E-state index contributed by atoms with van der Waals surface area (Å²) in [6.07, 6.45) is 1.46. The zero-order valence-corrected chi connectivity index (χ0v) is 11.8. The number of aromatic nitrogens is 1. The monoisotopic (exact) mass is 268 g/mol. The average molecular weight is 268 g/mol. The highest BCUT2D eigenvalue weighted by Gasteiger charge is 2.09. The van der Waals surface area contributed by atoms with Gasteiger partial charge in [-0.2, -0.15) is 0 Å². The summed E-state index contributed by atoms with van der Waals surface area (Å²) in [7, 11) is 0. The first-order valence-corrected chi connectivity index (χ1v) is 6.72. The van der Waals surface area contributed by atoms with Crippen LogP contribution in [0.5, 0.6) is 5.75 Å². The molecule has 0 aliphatic heterocycles. The first-order chi connectivity index (χ1) is 9.17. The van der Waals surface area contributed by atoms with Crippen LogP contribution < -0.4 is 10.5 Å². The van der Waals surface area contributed by atoms with Crippen LogP contribution in [-0.4, -0.2) is 36.0 Å². The molecule has 0 spiro atoms. The van der Waals surface area contributed by atoms with Crippen molar-refractivity contribution in [1.82, 2.24) is 4.98 Å². The van der Waals surface area contributed by atoms with Gasteiger partial charge in [-0.3, -0.25) is 4.98 Å². The van der Waals surface area contributed by atoms with E-state index in [1.165, 1.54) is 0 Å². The van der Waals surface area contributed by atoms with Crippen LogP contribution in [0.4, 0.5) is 0 Å². The Balaban J connectivity index is 2.35. The molecule has 1 unspecified atom stereocenters. The van der Waals surface area contributed by atoms with E-state index in [1.807, 2.05) is 19.1 Å². The van der Waals surface area contributed by atoms with Crippen molar-refractivity contribution in [1.29, 1.82) is 0 Å². The number of aliphatic hydroxyl groups is 1. The molecule has 0 fully saturated rings. The van der Waals surface area contributed by atoms with Gasteiger partial charge in [0, 0.05) is 18.8 Å². The highest BCUT2D eigenvalue weighted by atomic mass is 16.5. The van der Waals surface area contributed by atoms with Gasteiger partial charge in [0.1, 0.15) is 18.5 Å². The van der Waals surface area contributed by atoms with Crippen molar-refractivity contribution < 1.29 is 14.6 Å². The van der Waals surface area contributed by atoms with Gasteiger partial charge in [0.05, 0.1) is 12.3 Å². The van der Waals surface area contributed by atoms with Crippen molar-refractivity contribution in [2.24, 2.45) is 5.73 Å². The van der Waals surface area contributed by atoms with Gasteiger partial charge >= 0.3 is 0 Å². The molecule has 0 aliphatic carbocycles. The second-order valence-corrected chi connectivity index (χ2v) is 4.49. The highest BCUT2D eigenvalue weighted by Crippen LogP contribution is 2.16. The number of nitrogens with zero attached hydrogens (tertiary/aromatic N) is 1. The Morgan fingerprint density at radius 1 is 1.37 bits per heavy atom. The van der Waals surface area contributed by atoms with Crippen LogP contribution in [0.2, 0.25) is 0 Å². The number of aryl methyl sites for hydroxylation is 1. The molecule has 0 saturated carbocycles. The maximum absolute atomic E-state index is 9.73. The molecular weight excluding hydrogens is 244 g/mol. The maximum atomic E-state index is 9.73. The summed E-state index contributed by atoms with van der Waals surface area (Å²) in [6.45, 7) is 5.47. The van der Waals surface area contributed by atoms with Crippen LogP contribution >= 0.6 is 0 Å². The predicted molar refractivity (Wildman–Crippen MR) is 74.1 cm³/mol. The molecule has 1 rings (SSSR count). The number of unbranched alkanes of at least 4 members (excludes halogenated alkanes) is 1. The molecule has 0 radical (unpaired) electrons. The third kappa shape index (κ3) is 6.00. The lowest BCUT2D eigenvalue weighted by atomic mass is 10.3. The fraction of sp³-hybridized carbons (Fsp3) is 0.643. The number of rotatable bonds is 9. The van der Waals surface area contributed by atoms with Gasteiger partial charge < -0.3 is 20.3 Å². The summed E-state index contributed by atoms with van der Waals surface area (Å²) < 4.78 is 10.9. The molecule has 1 aromatic heterocycles. The third-order valence-electron chi connectivity index (χ3n) is 2.65.